The minimum absolute atomic E-state index is 0.0967. The number of carbonyl (C=O) groups is 1. The molecule has 0 aliphatic carbocycles. The topological polar surface area (TPSA) is 94.7 Å². The molecule has 0 saturated carbocycles. The second-order valence-electron chi connectivity index (χ2n) is 4.02. The molecule has 8 nitrogen and oxygen atoms in total. The Labute approximate surface area is 109 Å². The van der Waals surface area contributed by atoms with E-state index in [0.29, 0.717) is 18.7 Å². The molecule has 8 heteroatoms. The van der Waals surface area contributed by atoms with E-state index in [1.54, 1.807) is 6.92 Å². The number of aryl methyl sites for hydroxylation is 1. The van der Waals surface area contributed by atoms with E-state index in [2.05, 4.69) is 20.4 Å². The molecular formula is C11H14N6O2. The number of nitrogens with zero attached hydrogens (tertiary/aromatic N) is 5. The van der Waals surface area contributed by atoms with Crippen LogP contribution in [-0.2, 0) is 17.9 Å². The van der Waals surface area contributed by atoms with Crippen LogP contribution in [0.1, 0.15) is 5.56 Å². The molecule has 2 heterocycles. The van der Waals surface area contributed by atoms with Crippen LogP contribution in [0.4, 0.5) is 0 Å². The maximum Gasteiger partial charge on any atom is 0.256 e. The average molecular weight is 262 g/mol. The monoisotopic (exact) mass is 262 g/mol. The first-order valence-corrected chi connectivity index (χ1v) is 5.77. The predicted octanol–water partition coefficient (Wildman–Crippen LogP) is -1.04. The average Bonchev–Trinajstić information content (AvgIpc) is 2.87. The quantitative estimate of drug-likeness (QED) is 0.742. The fraction of sp³-hybridized carbons (Fsp3) is 0.364. The summed E-state index contributed by atoms with van der Waals surface area (Å²) in [5, 5.41) is 6.53. The van der Waals surface area contributed by atoms with E-state index < -0.39 is 0 Å². The lowest BCUT2D eigenvalue weighted by molar-refractivity contribution is -0.121. The summed E-state index contributed by atoms with van der Waals surface area (Å²) in [6, 6.07) is 0. The van der Waals surface area contributed by atoms with Crippen LogP contribution in [0.5, 0.6) is 0 Å². The van der Waals surface area contributed by atoms with E-state index in [0.717, 1.165) is 0 Å². The number of aromatic nitrogens is 5. The molecule has 0 aliphatic heterocycles. The summed E-state index contributed by atoms with van der Waals surface area (Å²) < 4.78 is 2.89. The molecule has 19 heavy (non-hydrogen) atoms. The first kappa shape index (κ1) is 12.9. The number of amides is 1. The van der Waals surface area contributed by atoms with Crippen LogP contribution in [-0.4, -0.2) is 36.8 Å². The van der Waals surface area contributed by atoms with Crippen molar-refractivity contribution in [1.82, 2.24) is 29.6 Å². The Bertz CT molecular complexity index is 604. The Kier molecular flexibility index (Phi) is 4.01. The van der Waals surface area contributed by atoms with Gasteiger partial charge in [0.1, 0.15) is 19.2 Å². The highest BCUT2D eigenvalue weighted by molar-refractivity contribution is 5.75. The molecule has 0 spiro atoms. The zero-order valence-electron chi connectivity index (χ0n) is 10.5. The van der Waals surface area contributed by atoms with E-state index in [4.69, 9.17) is 0 Å². The van der Waals surface area contributed by atoms with Crippen LogP contribution in [0.3, 0.4) is 0 Å². The fourth-order valence-corrected chi connectivity index (χ4v) is 1.55. The van der Waals surface area contributed by atoms with Crippen molar-refractivity contribution in [1.29, 1.82) is 0 Å². The molecular weight excluding hydrogens is 248 g/mol. The standard InChI is InChI=1S/C11H14N6O2/c1-9-4-12-7-16(11(9)19)3-2-14-10(18)5-17-8-13-6-15-17/h4,6-8H,2-3,5H2,1H3,(H,14,18). The van der Waals surface area contributed by atoms with E-state index in [9.17, 15) is 9.59 Å². The van der Waals surface area contributed by atoms with E-state index in [1.165, 1.54) is 34.4 Å². The maximum atomic E-state index is 11.7. The Hall–Kier alpha value is -2.51. The number of carbonyl (C=O) groups excluding carboxylic acids is 1. The maximum absolute atomic E-state index is 11.7. The molecule has 100 valence electrons. The van der Waals surface area contributed by atoms with Crippen molar-refractivity contribution in [2.75, 3.05) is 6.54 Å². The van der Waals surface area contributed by atoms with Gasteiger partial charge in [-0.25, -0.2) is 14.6 Å². The van der Waals surface area contributed by atoms with Crippen molar-refractivity contribution in [3.05, 3.63) is 41.1 Å². The third-order valence-electron chi connectivity index (χ3n) is 2.52. The lowest BCUT2D eigenvalue weighted by Crippen LogP contribution is -2.33. The first-order valence-electron chi connectivity index (χ1n) is 5.77. The molecule has 0 bridgehead atoms. The van der Waals surface area contributed by atoms with Crippen molar-refractivity contribution in [2.45, 2.75) is 20.0 Å². The molecule has 1 amide bonds. The third-order valence-corrected chi connectivity index (χ3v) is 2.52. The number of hydrogen-bond acceptors (Lipinski definition) is 5. The van der Waals surface area contributed by atoms with Gasteiger partial charge in [-0.1, -0.05) is 0 Å². The molecule has 0 fully saturated rings. The lowest BCUT2D eigenvalue weighted by atomic mass is 10.4. The van der Waals surface area contributed by atoms with Crippen LogP contribution >= 0.6 is 0 Å². The van der Waals surface area contributed by atoms with Crippen molar-refractivity contribution in [3.8, 4) is 0 Å². The van der Waals surface area contributed by atoms with Gasteiger partial charge < -0.3 is 5.32 Å². The Morgan fingerprint density at radius 3 is 2.95 bits per heavy atom. The Morgan fingerprint density at radius 2 is 2.21 bits per heavy atom. The van der Waals surface area contributed by atoms with Crippen LogP contribution in [0.2, 0.25) is 0 Å². The molecule has 0 radical (unpaired) electrons. The summed E-state index contributed by atoms with van der Waals surface area (Å²) in [5.41, 5.74) is 0.483. The Balaban J connectivity index is 1.82. The molecule has 2 aromatic heterocycles. The summed E-state index contributed by atoms with van der Waals surface area (Å²) in [5.74, 6) is -0.181. The van der Waals surface area contributed by atoms with Crippen molar-refractivity contribution >= 4 is 5.91 Å². The van der Waals surface area contributed by atoms with Gasteiger partial charge in [0.2, 0.25) is 5.91 Å². The van der Waals surface area contributed by atoms with E-state index in [-0.39, 0.29) is 18.0 Å². The van der Waals surface area contributed by atoms with Gasteiger partial charge in [-0.15, -0.1) is 0 Å². The van der Waals surface area contributed by atoms with Crippen LogP contribution < -0.4 is 10.9 Å². The fourth-order valence-electron chi connectivity index (χ4n) is 1.55. The van der Waals surface area contributed by atoms with Gasteiger partial charge >= 0.3 is 0 Å². The highest BCUT2D eigenvalue weighted by Gasteiger charge is 2.03. The number of nitrogens with one attached hydrogen (secondary N) is 1. The summed E-state index contributed by atoms with van der Waals surface area (Å²) in [6.45, 7) is 2.56. The zero-order chi connectivity index (χ0) is 13.7. The number of hydrogen-bond donors (Lipinski definition) is 1. The van der Waals surface area contributed by atoms with Crippen molar-refractivity contribution in [2.24, 2.45) is 0 Å². The van der Waals surface area contributed by atoms with Crippen LogP contribution in [0.25, 0.3) is 0 Å². The smallest absolute Gasteiger partial charge is 0.256 e. The van der Waals surface area contributed by atoms with E-state index >= 15 is 0 Å². The molecule has 2 rings (SSSR count). The normalized spacial score (nSPS) is 10.4. The molecule has 2 aromatic rings. The summed E-state index contributed by atoms with van der Waals surface area (Å²) in [4.78, 5) is 30.9. The minimum Gasteiger partial charge on any atom is -0.353 e. The number of rotatable bonds is 5. The van der Waals surface area contributed by atoms with Gasteiger partial charge in [-0.2, -0.15) is 5.10 Å². The summed E-state index contributed by atoms with van der Waals surface area (Å²) in [7, 11) is 0. The molecule has 1 N–H and O–H groups in total. The largest absolute Gasteiger partial charge is 0.353 e. The van der Waals surface area contributed by atoms with Crippen molar-refractivity contribution in [3.63, 3.8) is 0 Å². The van der Waals surface area contributed by atoms with Gasteiger partial charge in [-0.05, 0) is 6.92 Å². The van der Waals surface area contributed by atoms with Gasteiger partial charge in [0.25, 0.3) is 5.56 Å². The van der Waals surface area contributed by atoms with Gasteiger partial charge in [-0.3, -0.25) is 14.2 Å². The highest BCUT2D eigenvalue weighted by atomic mass is 16.2. The second-order valence-corrected chi connectivity index (χ2v) is 4.02. The third kappa shape index (κ3) is 3.47. The van der Waals surface area contributed by atoms with Gasteiger partial charge in [0.15, 0.2) is 0 Å². The van der Waals surface area contributed by atoms with Crippen molar-refractivity contribution < 1.29 is 4.79 Å². The summed E-state index contributed by atoms with van der Waals surface area (Å²) >= 11 is 0. The molecule has 0 aromatic carbocycles. The summed E-state index contributed by atoms with van der Waals surface area (Å²) in [6.07, 6.45) is 5.81. The van der Waals surface area contributed by atoms with Gasteiger partial charge in [0.05, 0.1) is 6.33 Å². The lowest BCUT2D eigenvalue weighted by Gasteiger charge is -2.07. The van der Waals surface area contributed by atoms with Gasteiger partial charge in [0, 0.05) is 24.8 Å². The first-order chi connectivity index (χ1) is 9.16. The Morgan fingerprint density at radius 1 is 1.37 bits per heavy atom. The van der Waals surface area contributed by atoms with E-state index in [1.807, 2.05) is 0 Å². The second kappa shape index (κ2) is 5.89. The molecule has 0 unspecified atom stereocenters. The van der Waals surface area contributed by atoms with Crippen LogP contribution in [0, 0.1) is 6.92 Å². The SMILES string of the molecule is Cc1cncn(CCNC(=O)Cn2cncn2)c1=O. The van der Waals surface area contributed by atoms with Crippen LogP contribution in [0.15, 0.2) is 30.0 Å². The predicted molar refractivity (Wildman–Crippen MR) is 66.3 cm³/mol. The molecule has 0 saturated heterocycles. The highest BCUT2D eigenvalue weighted by Crippen LogP contribution is 1.85. The zero-order valence-corrected chi connectivity index (χ0v) is 10.5. The molecule has 0 aliphatic rings. The minimum atomic E-state index is -0.181. The molecule has 0 atom stereocenters.